The van der Waals surface area contributed by atoms with E-state index >= 15 is 0 Å². The Bertz CT molecular complexity index is 931. The normalized spacial score (nSPS) is 11.8. The molecule has 2 heterocycles. The summed E-state index contributed by atoms with van der Waals surface area (Å²) in [5.41, 5.74) is 6.88. The van der Waals surface area contributed by atoms with Crippen LogP contribution in [0.4, 0.5) is 13.2 Å². The molecule has 0 fully saturated rings. The number of rotatable bonds is 3. The number of hydrogen-bond donors (Lipinski definition) is 1. The lowest BCUT2D eigenvalue weighted by Gasteiger charge is -2.12. The molecule has 0 spiro atoms. The smallest absolute Gasteiger partial charge is 0.369 e. The van der Waals surface area contributed by atoms with Gasteiger partial charge in [-0.1, -0.05) is 12.1 Å². The minimum atomic E-state index is -4.43. The molecule has 0 aliphatic carbocycles. The van der Waals surface area contributed by atoms with E-state index in [1.807, 2.05) is 0 Å². The van der Waals surface area contributed by atoms with Crippen LogP contribution < -0.4 is 5.73 Å². The highest BCUT2D eigenvalue weighted by Crippen LogP contribution is 2.33. The van der Waals surface area contributed by atoms with Gasteiger partial charge in [-0.25, -0.2) is 9.50 Å². The van der Waals surface area contributed by atoms with Crippen LogP contribution in [0.2, 0.25) is 0 Å². The van der Waals surface area contributed by atoms with Crippen molar-refractivity contribution in [2.24, 2.45) is 5.73 Å². The van der Waals surface area contributed by atoms with Gasteiger partial charge >= 0.3 is 6.18 Å². The fourth-order valence-electron chi connectivity index (χ4n) is 2.57. The Morgan fingerprint density at radius 1 is 1.29 bits per heavy atom. The fourth-order valence-corrected chi connectivity index (χ4v) is 2.57. The van der Waals surface area contributed by atoms with E-state index in [1.54, 1.807) is 13.0 Å². The number of amides is 1. The van der Waals surface area contributed by atoms with Gasteiger partial charge in [0.05, 0.1) is 23.9 Å². The lowest BCUT2D eigenvalue weighted by Crippen LogP contribution is -2.13. The molecule has 0 radical (unpaired) electrons. The Hall–Kier alpha value is -2.90. The van der Waals surface area contributed by atoms with Crippen LogP contribution in [0, 0.1) is 6.92 Å². The zero-order valence-electron chi connectivity index (χ0n) is 12.6. The second kappa shape index (κ2) is 5.63. The van der Waals surface area contributed by atoms with E-state index in [0.29, 0.717) is 28.0 Å². The average molecular weight is 334 g/mol. The molecule has 24 heavy (non-hydrogen) atoms. The third-order valence-corrected chi connectivity index (χ3v) is 3.61. The largest absolute Gasteiger partial charge is 0.416 e. The Kier molecular flexibility index (Phi) is 3.75. The first-order valence-electron chi connectivity index (χ1n) is 7.05. The number of carbonyl (C=O) groups is 1. The summed E-state index contributed by atoms with van der Waals surface area (Å²) in [4.78, 5) is 15.3. The molecule has 1 aromatic carbocycles. The molecule has 1 amide bonds. The average Bonchev–Trinajstić information content (AvgIpc) is 2.88. The van der Waals surface area contributed by atoms with Gasteiger partial charge in [0.1, 0.15) is 0 Å². The number of fused-ring (bicyclic) bond motifs is 1. The summed E-state index contributed by atoms with van der Waals surface area (Å²) in [6.07, 6.45) is -1.49. The van der Waals surface area contributed by atoms with Gasteiger partial charge in [0.25, 0.3) is 0 Å². The number of halogens is 3. The minimum Gasteiger partial charge on any atom is -0.369 e. The fraction of sp³-hybridized carbons (Fsp3) is 0.188. The Morgan fingerprint density at radius 2 is 2.04 bits per heavy atom. The van der Waals surface area contributed by atoms with Gasteiger partial charge in [0.15, 0.2) is 5.65 Å². The first-order chi connectivity index (χ1) is 11.3. The molecule has 8 heteroatoms. The first kappa shape index (κ1) is 16.0. The van der Waals surface area contributed by atoms with Crippen LogP contribution >= 0.6 is 0 Å². The van der Waals surface area contributed by atoms with E-state index in [4.69, 9.17) is 5.73 Å². The highest BCUT2D eigenvalue weighted by Gasteiger charge is 2.30. The molecule has 2 aromatic heterocycles. The van der Waals surface area contributed by atoms with E-state index in [9.17, 15) is 18.0 Å². The molecule has 0 atom stereocenters. The lowest BCUT2D eigenvalue weighted by atomic mass is 10.0. The summed E-state index contributed by atoms with van der Waals surface area (Å²) in [6, 6.07) is 5.00. The second-order valence-electron chi connectivity index (χ2n) is 5.42. The van der Waals surface area contributed by atoms with Crippen LogP contribution in [0.3, 0.4) is 0 Å². The van der Waals surface area contributed by atoms with Gasteiger partial charge in [0.2, 0.25) is 5.91 Å². The van der Waals surface area contributed by atoms with E-state index in [0.717, 1.165) is 12.1 Å². The summed E-state index contributed by atoms with van der Waals surface area (Å²) >= 11 is 0. The lowest BCUT2D eigenvalue weighted by molar-refractivity contribution is -0.137. The number of aryl methyl sites for hydroxylation is 1. The molecule has 0 aliphatic rings. The molecule has 2 N–H and O–H groups in total. The monoisotopic (exact) mass is 334 g/mol. The standard InChI is InChI=1S/C16H13F3N4O/c1-9-7-21-15-11(6-13(20)24)8-22-23(15)14(9)10-3-2-4-12(5-10)16(17,18)19/h2-5,7-8H,6H2,1H3,(H2,20,24). The van der Waals surface area contributed by atoms with Crippen molar-refractivity contribution in [1.29, 1.82) is 0 Å². The molecular weight excluding hydrogens is 321 g/mol. The van der Waals surface area contributed by atoms with Gasteiger partial charge in [0, 0.05) is 17.3 Å². The maximum Gasteiger partial charge on any atom is 0.416 e. The number of nitrogens with zero attached hydrogens (tertiary/aromatic N) is 3. The molecule has 0 saturated heterocycles. The van der Waals surface area contributed by atoms with Crippen molar-refractivity contribution in [3.63, 3.8) is 0 Å². The summed E-state index contributed by atoms with van der Waals surface area (Å²) in [5.74, 6) is -0.534. The Morgan fingerprint density at radius 3 is 2.71 bits per heavy atom. The zero-order chi connectivity index (χ0) is 17.5. The van der Waals surface area contributed by atoms with Gasteiger partial charge in [-0.15, -0.1) is 0 Å². The van der Waals surface area contributed by atoms with Gasteiger partial charge in [-0.2, -0.15) is 18.3 Å². The molecule has 124 valence electrons. The van der Waals surface area contributed by atoms with E-state index in [1.165, 1.54) is 23.0 Å². The maximum absolute atomic E-state index is 13.0. The molecule has 5 nitrogen and oxygen atoms in total. The molecule has 0 bridgehead atoms. The molecule has 0 saturated carbocycles. The highest BCUT2D eigenvalue weighted by atomic mass is 19.4. The third kappa shape index (κ3) is 2.82. The van der Waals surface area contributed by atoms with Crippen molar-refractivity contribution >= 4 is 11.6 Å². The van der Waals surface area contributed by atoms with Gasteiger partial charge in [-0.3, -0.25) is 4.79 Å². The van der Waals surface area contributed by atoms with Crippen LogP contribution in [-0.2, 0) is 17.4 Å². The highest BCUT2D eigenvalue weighted by molar-refractivity contribution is 5.79. The van der Waals surface area contributed by atoms with E-state index < -0.39 is 17.6 Å². The molecular formula is C16H13F3N4O. The number of aromatic nitrogens is 3. The maximum atomic E-state index is 13.0. The van der Waals surface area contributed by atoms with Crippen molar-refractivity contribution < 1.29 is 18.0 Å². The van der Waals surface area contributed by atoms with Crippen LogP contribution in [0.25, 0.3) is 16.9 Å². The van der Waals surface area contributed by atoms with Crippen LogP contribution in [-0.4, -0.2) is 20.5 Å². The van der Waals surface area contributed by atoms with Crippen molar-refractivity contribution in [2.45, 2.75) is 19.5 Å². The quantitative estimate of drug-likeness (QED) is 0.800. The summed E-state index contributed by atoms with van der Waals surface area (Å²) in [5, 5.41) is 4.17. The van der Waals surface area contributed by atoms with Gasteiger partial charge in [-0.05, 0) is 24.6 Å². The van der Waals surface area contributed by atoms with Crippen molar-refractivity contribution in [1.82, 2.24) is 14.6 Å². The Labute approximate surface area is 134 Å². The predicted octanol–water partition coefficient (Wildman–Crippen LogP) is 2.75. The summed E-state index contributed by atoms with van der Waals surface area (Å²) < 4.78 is 40.3. The summed E-state index contributed by atoms with van der Waals surface area (Å²) in [6.45, 7) is 1.73. The first-order valence-corrected chi connectivity index (χ1v) is 7.05. The minimum absolute atomic E-state index is 0.0401. The van der Waals surface area contributed by atoms with Gasteiger partial charge < -0.3 is 5.73 Å². The topological polar surface area (TPSA) is 73.3 Å². The summed E-state index contributed by atoms with van der Waals surface area (Å²) in [7, 11) is 0. The number of carbonyl (C=O) groups excluding carboxylic acids is 1. The molecule has 3 aromatic rings. The molecule has 0 unspecified atom stereocenters. The van der Waals surface area contributed by atoms with E-state index in [2.05, 4.69) is 10.1 Å². The van der Waals surface area contributed by atoms with Crippen molar-refractivity contribution in [3.8, 4) is 11.3 Å². The van der Waals surface area contributed by atoms with Crippen LogP contribution in [0.1, 0.15) is 16.7 Å². The number of hydrogen-bond acceptors (Lipinski definition) is 3. The zero-order valence-corrected chi connectivity index (χ0v) is 12.6. The predicted molar refractivity (Wildman–Crippen MR) is 81.1 cm³/mol. The van der Waals surface area contributed by atoms with Crippen LogP contribution in [0.15, 0.2) is 36.7 Å². The number of primary amides is 1. The number of alkyl halides is 3. The Balaban J connectivity index is 2.21. The van der Waals surface area contributed by atoms with Crippen LogP contribution in [0.5, 0.6) is 0 Å². The number of benzene rings is 1. The van der Waals surface area contributed by atoms with E-state index in [-0.39, 0.29) is 6.42 Å². The van der Waals surface area contributed by atoms with Crippen molar-refractivity contribution in [3.05, 3.63) is 53.3 Å². The SMILES string of the molecule is Cc1cnc2c(CC(N)=O)cnn2c1-c1cccc(C(F)(F)F)c1. The number of nitrogens with two attached hydrogens (primary N) is 1. The second-order valence-corrected chi connectivity index (χ2v) is 5.42. The molecule has 3 rings (SSSR count). The van der Waals surface area contributed by atoms with Crippen molar-refractivity contribution in [2.75, 3.05) is 0 Å². The third-order valence-electron chi connectivity index (χ3n) is 3.61. The molecule has 0 aliphatic heterocycles.